The molecule has 5 heteroatoms. The minimum atomic E-state index is -0.469. The summed E-state index contributed by atoms with van der Waals surface area (Å²) in [7, 11) is 1.34. The zero-order valence-electron chi connectivity index (χ0n) is 12.3. The van der Waals surface area contributed by atoms with Crippen molar-refractivity contribution >= 4 is 21.9 Å². The molecule has 2 aromatic rings. The molecule has 0 spiro atoms. The van der Waals surface area contributed by atoms with Gasteiger partial charge in [0.1, 0.15) is 5.76 Å². The van der Waals surface area contributed by atoms with Gasteiger partial charge in [-0.15, -0.1) is 0 Å². The Labute approximate surface area is 132 Å². The summed E-state index contributed by atoms with van der Waals surface area (Å²) in [5.41, 5.74) is 2.23. The van der Waals surface area contributed by atoms with Crippen LogP contribution in [0.1, 0.15) is 40.4 Å². The maximum absolute atomic E-state index is 11.5. The fourth-order valence-electron chi connectivity index (χ4n) is 2.15. The van der Waals surface area contributed by atoms with E-state index in [9.17, 15) is 4.79 Å². The molecule has 0 aliphatic rings. The van der Waals surface area contributed by atoms with Crippen molar-refractivity contribution in [2.75, 3.05) is 13.7 Å². The SMILES string of the molecule is CCNC(c1ccc(Br)c(C)c1)c1ccc(C(=O)OC)o1. The third-order valence-corrected chi connectivity index (χ3v) is 4.11. The largest absolute Gasteiger partial charge is 0.463 e. The Morgan fingerprint density at radius 3 is 2.76 bits per heavy atom. The Kier molecular flexibility index (Phi) is 5.20. The van der Waals surface area contributed by atoms with Crippen LogP contribution in [0, 0.1) is 6.92 Å². The van der Waals surface area contributed by atoms with Crippen molar-refractivity contribution < 1.29 is 13.9 Å². The number of aryl methyl sites for hydroxylation is 1. The third kappa shape index (κ3) is 3.54. The van der Waals surface area contributed by atoms with Crippen molar-refractivity contribution in [2.45, 2.75) is 19.9 Å². The number of furan rings is 1. The van der Waals surface area contributed by atoms with Crippen LogP contribution in [-0.2, 0) is 4.74 Å². The molecule has 0 saturated carbocycles. The molecule has 0 radical (unpaired) electrons. The average molecular weight is 352 g/mol. The van der Waals surface area contributed by atoms with Gasteiger partial charge in [-0.25, -0.2) is 4.79 Å². The van der Waals surface area contributed by atoms with Crippen LogP contribution in [-0.4, -0.2) is 19.6 Å². The molecule has 0 aliphatic carbocycles. The van der Waals surface area contributed by atoms with Crippen LogP contribution in [0.2, 0.25) is 0 Å². The minimum Gasteiger partial charge on any atom is -0.463 e. The zero-order valence-corrected chi connectivity index (χ0v) is 13.9. The molecule has 0 aliphatic heterocycles. The van der Waals surface area contributed by atoms with Gasteiger partial charge in [-0.2, -0.15) is 0 Å². The number of ether oxygens (including phenoxy) is 1. The molecule has 1 unspecified atom stereocenters. The highest BCUT2D eigenvalue weighted by Crippen LogP contribution is 2.27. The van der Waals surface area contributed by atoms with E-state index in [1.54, 1.807) is 12.1 Å². The highest BCUT2D eigenvalue weighted by Gasteiger charge is 2.20. The maximum Gasteiger partial charge on any atom is 0.373 e. The smallest absolute Gasteiger partial charge is 0.373 e. The normalized spacial score (nSPS) is 12.2. The number of benzene rings is 1. The molecule has 1 aromatic heterocycles. The number of methoxy groups -OCH3 is 1. The second-order valence-corrected chi connectivity index (χ2v) is 5.55. The predicted molar refractivity (Wildman–Crippen MR) is 84.4 cm³/mol. The lowest BCUT2D eigenvalue weighted by Crippen LogP contribution is -2.21. The summed E-state index contributed by atoms with van der Waals surface area (Å²) in [5.74, 6) is 0.437. The van der Waals surface area contributed by atoms with E-state index in [2.05, 4.69) is 32.0 Å². The van der Waals surface area contributed by atoms with E-state index >= 15 is 0 Å². The number of rotatable bonds is 5. The standard InChI is InChI=1S/C16H18BrNO3/c1-4-18-15(11-5-6-12(17)10(2)9-11)13-7-8-14(21-13)16(19)20-3/h5-9,15,18H,4H2,1-3H3. The Morgan fingerprint density at radius 1 is 1.38 bits per heavy atom. The first-order chi connectivity index (χ1) is 10.1. The second kappa shape index (κ2) is 6.91. The molecule has 1 heterocycles. The van der Waals surface area contributed by atoms with Gasteiger partial charge in [0.05, 0.1) is 13.2 Å². The Bertz CT molecular complexity index is 636. The monoisotopic (exact) mass is 351 g/mol. The Balaban J connectivity index is 2.36. The van der Waals surface area contributed by atoms with E-state index in [0.29, 0.717) is 5.76 Å². The molecule has 0 saturated heterocycles. The molecule has 1 atom stereocenters. The number of halogens is 1. The van der Waals surface area contributed by atoms with Crippen LogP contribution >= 0.6 is 15.9 Å². The van der Waals surface area contributed by atoms with Crippen molar-refractivity contribution in [3.8, 4) is 0 Å². The summed E-state index contributed by atoms with van der Waals surface area (Å²) >= 11 is 3.50. The number of nitrogens with one attached hydrogen (secondary N) is 1. The molecular formula is C16H18BrNO3. The van der Waals surface area contributed by atoms with Gasteiger partial charge in [0.15, 0.2) is 0 Å². The second-order valence-electron chi connectivity index (χ2n) is 4.69. The van der Waals surface area contributed by atoms with E-state index in [4.69, 9.17) is 4.42 Å². The minimum absolute atomic E-state index is 0.0970. The molecular weight excluding hydrogens is 334 g/mol. The van der Waals surface area contributed by atoms with Crippen LogP contribution in [0.3, 0.4) is 0 Å². The summed E-state index contributed by atoms with van der Waals surface area (Å²) in [4.78, 5) is 11.5. The molecule has 2 rings (SSSR count). The molecule has 1 N–H and O–H groups in total. The van der Waals surface area contributed by atoms with Crippen molar-refractivity contribution in [3.05, 3.63) is 57.5 Å². The van der Waals surface area contributed by atoms with E-state index in [1.807, 2.05) is 26.0 Å². The van der Waals surface area contributed by atoms with Gasteiger partial charge in [0.2, 0.25) is 5.76 Å². The summed E-state index contributed by atoms with van der Waals surface area (Å²) in [6.07, 6.45) is 0. The molecule has 4 nitrogen and oxygen atoms in total. The van der Waals surface area contributed by atoms with Crippen LogP contribution < -0.4 is 5.32 Å². The Morgan fingerprint density at radius 2 is 2.14 bits per heavy atom. The molecule has 0 fully saturated rings. The average Bonchev–Trinajstić information content (AvgIpc) is 2.96. The molecule has 112 valence electrons. The first kappa shape index (κ1) is 15.8. The van der Waals surface area contributed by atoms with E-state index in [-0.39, 0.29) is 11.8 Å². The fourth-order valence-corrected chi connectivity index (χ4v) is 2.40. The number of carbonyl (C=O) groups excluding carboxylic acids is 1. The Hall–Kier alpha value is -1.59. The summed E-state index contributed by atoms with van der Waals surface area (Å²) in [5, 5.41) is 3.37. The summed E-state index contributed by atoms with van der Waals surface area (Å²) < 4.78 is 11.4. The summed E-state index contributed by atoms with van der Waals surface area (Å²) in [6, 6.07) is 9.48. The fraction of sp³-hybridized carbons (Fsp3) is 0.312. The van der Waals surface area contributed by atoms with Gasteiger partial charge in [-0.3, -0.25) is 0 Å². The summed E-state index contributed by atoms with van der Waals surface area (Å²) in [6.45, 7) is 4.86. The van der Waals surface area contributed by atoms with Gasteiger partial charge < -0.3 is 14.5 Å². The number of esters is 1. The first-order valence-electron chi connectivity index (χ1n) is 6.74. The predicted octanol–water partition coefficient (Wildman–Crippen LogP) is 3.84. The third-order valence-electron chi connectivity index (χ3n) is 3.22. The van der Waals surface area contributed by atoms with Gasteiger partial charge in [-0.05, 0) is 42.8 Å². The first-order valence-corrected chi connectivity index (χ1v) is 7.53. The lowest BCUT2D eigenvalue weighted by molar-refractivity contribution is 0.0562. The molecule has 1 aromatic carbocycles. The number of hydrogen-bond donors (Lipinski definition) is 1. The van der Waals surface area contributed by atoms with Crippen LogP contribution in [0.25, 0.3) is 0 Å². The molecule has 21 heavy (non-hydrogen) atoms. The molecule has 0 amide bonds. The number of hydrogen-bond acceptors (Lipinski definition) is 4. The highest BCUT2D eigenvalue weighted by atomic mass is 79.9. The molecule has 0 bridgehead atoms. The van der Waals surface area contributed by atoms with Crippen LogP contribution in [0.5, 0.6) is 0 Å². The topological polar surface area (TPSA) is 51.5 Å². The van der Waals surface area contributed by atoms with Gasteiger partial charge in [0, 0.05) is 4.47 Å². The highest BCUT2D eigenvalue weighted by molar-refractivity contribution is 9.10. The maximum atomic E-state index is 11.5. The zero-order chi connectivity index (χ0) is 15.4. The number of carbonyl (C=O) groups is 1. The van der Waals surface area contributed by atoms with E-state index in [0.717, 1.165) is 22.1 Å². The quantitative estimate of drug-likeness (QED) is 0.831. The van der Waals surface area contributed by atoms with Gasteiger partial charge in [-0.1, -0.05) is 35.0 Å². The van der Waals surface area contributed by atoms with E-state index < -0.39 is 5.97 Å². The lowest BCUT2D eigenvalue weighted by Gasteiger charge is -2.17. The van der Waals surface area contributed by atoms with Crippen molar-refractivity contribution in [2.24, 2.45) is 0 Å². The van der Waals surface area contributed by atoms with Gasteiger partial charge >= 0.3 is 5.97 Å². The van der Waals surface area contributed by atoms with Crippen molar-refractivity contribution in [1.82, 2.24) is 5.32 Å². The van der Waals surface area contributed by atoms with Crippen LogP contribution in [0.15, 0.2) is 39.2 Å². The van der Waals surface area contributed by atoms with Crippen molar-refractivity contribution in [1.29, 1.82) is 0 Å². The van der Waals surface area contributed by atoms with E-state index in [1.165, 1.54) is 7.11 Å². The van der Waals surface area contributed by atoms with Crippen molar-refractivity contribution in [3.63, 3.8) is 0 Å². The lowest BCUT2D eigenvalue weighted by atomic mass is 10.0. The van der Waals surface area contributed by atoms with Crippen LogP contribution in [0.4, 0.5) is 0 Å². The van der Waals surface area contributed by atoms with Gasteiger partial charge in [0.25, 0.3) is 0 Å².